The minimum Gasteiger partial charge on any atom is -0.463 e. The van der Waals surface area contributed by atoms with E-state index in [1.54, 1.807) is 13.1 Å². The topological polar surface area (TPSA) is 38.3 Å². The van der Waals surface area contributed by atoms with E-state index in [1.165, 1.54) is 11.6 Å². The first-order valence-electron chi connectivity index (χ1n) is 4.89. The summed E-state index contributed by atoms with van der Waals surface area (Å²) in [5.74, 6) is -0.336. The van der Waals surface area contributed by atoms with Gasteiger partial charge in [-0.25, -0.2) is 4.79 Å². The molecule has 1 rings (SSSR count). The number of ether oxygens (including phenoxy) is 1. The first-order chi connectivity index (χ1) is 7.22. The van der Waals surface area contributed by atoms with Gasteiger partial charge >= 0.3 is 5.97 Å². The molecule has 15 heavy (non-hydrogen) atoms. The Morgan fingerprint density at radius 2 is 2.07 bits per heavy atom. The van der Waals surface area contributed by atoms with Crippen molar-refractivity contribution in [2.24, 2.45) is 0 Å². The SMILES string of the molecule is CCOC(=O)/C=C\Nc1ccc(C)cc1. The number of nitrogens with one attached hydrogen (secondary N) is 1. The number of hydrogen-bond donors (Lipinski definition) is 1. The van der Waals surface area contributed by atoms with Gasteiger partial charge in [-0.05, 0) is 26.0 Å². The van der Waals surface area contributed by atoms with E-state index in [9.17, 15) is 4.79 Å². The van der Waals surface area contributed by atoms with Gasteiger partial charge in [-0.2, -0.15) is 0 Å². The van der Waals surface area contributed by atoms with E-state index in [2.05, 4.69) is 5.32 Å². The first kappa shape index (κ1) is 11.3. The predicted octanol–water partition coefficient (Wildman–Crippen LogP) is 2.48. The third-order valence-electron chi connectivity index (χ3n) is 1.81. The molecule has 0 bridgehead atoms. The van der Waals surface area contributed by atoms with Gasteiger partial charge in [0.25, 0.3) is 0 Å². The highest BCUT2D eigenvalue weighted by Gasteiger charge is 1.92. The highest BCUT2D eigenvalue weighted by molar-refractivity contribution is 5.82. The van der Waals surface area contributed by atoms with Crippen LogP contribution in [0.1, 0.15) is 12.5 Å². The van der Waals surface area contributed by atoms with Crippen LogP contribution in [0.25, 0.3) is 0 Å². The smallest absolute Gasteiger partial charge is 0.332 e. The fourth-order valence-corrected chi connectivity index (χ4v) is 1.05. The summed E-state index contributed by atoms with van der Waals surface area (Å²) in [7, 11) is 0. The summed E-state index contributed by atoms with van der Waals surface area (Å²) in [4.78, 5) is 10.9. The molecule has 0 aliphatic carbocycles. The normalized spacial score (nSPS) is 10.3. The molecule has 0 aliphatic heterocycles. The number of hydrogen-bond acceptors (Lipinski definition) is 3. The second-order valence-electron chi connectivity index (χ2n) is 3.10. The number of anilines is 1. The summed E-state index contributed by atoms with van der Waals surface area (Å²) in [5.41, 5.74) is 2.15. The Kier molecular flexibility index (Phi) is 4.41. The Morgan fingerprint density at radius 3 is 2.67 bits per heavy atom. The largest absolute Gasteiger partial charge is 0.463 e. The summed E-state index contributed by atoms with van der Waals surface area (Å²) < 4.78 is 4.73. The Balaban J connectivity index is 2.43. The zero-order chi connectivity index (χ0) is 11.1. The van der Waals surface area contributed by atoms with Crippen LogP contribution >= 0.6 is 0 Å². The molecule has 0 aliphatic rings. The predicted molar refractivity (Wildman–Crippen MR) is 60.6 cm³/mol. The molecular formula is C12H15NO2. The summed E-state index contributed by atoms with van der Waals surface area (Å²) in [5, 5.41) is 2.98. The molecule has 0 spiro atoms. The number of carbonyl (C=O) groups excluding carboxylic acids is 1. The van der Waals surface area contributed by atoms with E-state index >= 15 is 0 Å². The van der Waals surface area contributed by atoms with Gasteiger partial charge in [0.1, 0.15) is 0 Å². The van der Waals surface area contributed by atoms with Crippen molar-refractivity contribution in [2.75, 3.05) is 11.9 Å². The third kappa shape index (κ3) is 4.31. The Hall–Kier alpha value is -1.77. The average Bonchev–Trinajstić information content (AvgIpc) is 2.21. The zero-order valence-corrected chi connectivity index (χ0v) is 8.99. The number of aryl methyl sites for hydroxylation is 1. The molecule has 0 fully saturated rings. The number of carbonyl (C=O) groups is 1. The van der Waals surface area contributed by atoms with Crippen LogP contribution < -0.4 is 5.32 Å². The molecule has 1 aromatic rings. The second kappa shape index (κ2) is 5.86. The summed E-state index contributed by atoms with van der Waals surface area (Å²) in [6.45, 7) is 4.20. The van der Waals surface area contributed by atoms with E-state index < -0.39 is 0 Å². The Morgan fingerprint density at radius 1 is 1.40 bits per heavy atom. The van der Waals surface area contributed by atoms with Gasteiger partial charge < -0.3 is 10.1 Å². The van der Waals surface area contributed by atoms with Gasteiger partial charge in [-0.15, -0.1) is 0 Å². The van der Waals surface area contributed by atoms with Crippen LogP contribution in [0.5, 0.6) is 0 Å². The number of benzene rings is 1. The van der Waals surface area contributed by atoms with Gasteiger partial charge in [0.05, 0.1) is 6.61 Å². The zero-order valence-electron chi connectivity index (χ0n) is 8.99. The molecule has 0 radical (unpaired) electrons. The molecule has 0 saturated heterocycles. The molecule has 0 aromatic heterocycles. The summed E-state index contributed by atoms with van der Waals surface area (Å²) in [6, 6.07) is 7.90. The summed E-state index contributed by atoms with van der Waals surface area (Å²) >= 11 is 0. The van der Waals surface area contributed by atoms with Crippen molar-refractivity contribution in [3.63, 3.8) is 0 Å². The van der Waals surface area contributed by atoms with Gasteiger partial charge in [-0.1, -0.05) is 17.7 Å². The Bertz CT molecular complexity index is 341. The lowest BCUT2D eigenvalue weighted by molar-refractivity contribution is -0.137. The van der Waals surface area contributed by atoms with Crippen LogP contribution in [-0.4, -0.2) is 12.6 Å². The lowest BCUT2D eigenvalue weighted by atomic mass is 10.2. The van der Waals surface area contributed by atoms with Crippen molar-refractivity contribution in [3.05, 3.63) is 42.1 Å². The van der Waals surface area contributed by atoms with Crippen LogP contribution in [0.15, 0.2) is 36.5 Å². The van der Waals surface area contributed by atoms with Crippen LogP contribution in [0, 0.1) is 6.92 Å². The molecule has 3 heteroatoms. The van der Waals surface area contributed by atoms with Crippen LogP contribution in [0.4, 0.5) is 5.69 Å². The lowest BCUT2D eigenvalue weighted by Crippen LogP contribution is -2.00. The Labute approximate surface area is 89.8 Å². The maximum absolute atomic E-state index is 10.9. The van der Waals surface area contributed by atoms with Gasteiger partial charge in [0.15, 0.2) is 0 Å². The van der Waals surface area contributed by atoms with E-state index in [4.69, 9.17) is 4.74 Å². The van der Waals surface area contributed by atoms with E-state index in [-0.39, 0.29) is 5.97 Å². The molecule has 80 valence electrons. The van der Waals surface area contributed by atoms with Crippen molar-refractivity contribution in [2.45, 2.75) is 13.8 Å². The van der Waals surface area contributed by atoms with Crippen LogP contribution in [0.2, 0.25) is 0 Å². The monoisotopic (exact) mass is 205 g/mol. The molecule has 1 aromatic carbocycles. The van der Waals surface area contributed by atoms with E-state index in [0.717, 1.165) is 5.69 Å². The van der Waals surface area contributed by atoms with Crippen LogP contribution in [0.3, 0.4) is 0 Å². The standard InChI is InChI=1S/C12H15NO2/c1-3-15-12(14)8-9-13-11-6-4-10(2)5-7-11/h4-9,13H,3H2,1-2H3/b9-8-. The van der Waals surface area contributed by atoms with Crippen molar-refractivity contribution >= 4 is 11.7 Å². The van der Waals surface area contributed by atoms with Gasteiger partial charge in [0.2, 0.25) is 0 Å². The maximum atomic E-state index is 10.9. The molecule has 0 saturated carbocycles. The van der Waals surface area contributed by atoms with Gasteiger partial charge in [0, 0.05) is 18.0 Å². The van der Waals surface area contributed by atoms with Crippen molar-refractivity contribution in [1.29, 1.82) is 0 Å². The third-order valence-corrected chi connectivity index (χ3v) is 1.81. The first-order valence-corrected chi connectivity index (χ1v) is 4.89. The molecule has 3 nitrogen and oxygen atoms in total. The van der Waals surface area contributed by atoms with E-state index in [1.807, 2.05) is 31.2 Å². The fourth-order valence-electron chi connectivity index (χ4n) is 1.05. The molecule has 0 unspecified atom stereocenters. The minimum atomic E-state index is -0.336. The summed E-state index contributed by atoms with van der Waals surface area (Å²) in [6.07, 6.45) is 2.94. The molecule has 1 N–H and O–H groups in total. The van der Waals surface area contributed by atoms with Crippen molar-refractivity contribution in [3.8, 4) is 0 Å². The average molecular weight is 205 g/mol. The minimum absolute atomic E-state index is 0.336. The molecular weight excluding hydrogens is 190 g/mol. The number of esters is 1. The van der Waals surface area contributed by atoms with Crippen molar-refractivity contribution in [1.82, 2.24) is 0 Å². The highest BCUT2D eigenvalue weighted by Crippen LogP contribution is 2.07. The van der Waals surface area contributed by atoms with E-state index in [0.29, 0.717) is 6.61 Å². The quantitative estimate of drug-likeness (QED) is 0.606. The van der Waals surface area contributed by atoms with Crippen LogP contribution in [-0.2, 0) is 9.53 Å². The molecule has 0 amide bonds. The molecule has 0 atom stereocenters. The van der Waals surface area contributed by atoms with Crippen molar-refractivity contribution < 1.29 is 9.53 Å². The fraction of sp³-hybridized carbons (Fsp3) is 0.250. The lowest BCUT2D eigenvalue weighted by Gasteiger charge is -2.00. The number of rotatable bonds is 4. The highest BCUT2D eigenvalue weighted by atomic mass is 16.5. The maximum Gasteiger partial charge on any atom is 0.332 e. The van der Waals surface area contributed by atoms with Gasteiger partial charge in [-0.3, -0.25) is 0 Å². The second-order valence-corrected chi connectivity index (χ2v) is 3.10. The molecule has 0 heterocycles.